The molecule has 29 heavy (non-hydrogen) atoms. The molecule has 0 aromatic heterocycles. The lowest BCUT2D eigenvalue weighted by molar-refractivity contribution is 0.391. The average molecular weight is 444 g/mol. The van der Waals surface area contributed by atoms with Crippen LogP contribution in [0.25, 0.3) is 0 Å². The zero-order valence-electron chi connectivity index (χ0n) is 16.8. The maximum atomic E-state index is 13.1. The Morgan fingerprint density at radius 3 is 2.52 bits per heavy atom. The highest BCUT2D eigenvalue weighted by Crippen LogP contribution is 2.36. The van der Waals surface area contributed by atoms with Crippen LogP contribution in [-0.4, -0.2) is 19.9 Å². The number of benzene rings is 2. The summed E-state index contributed by atoms with van der Waals surface area (Å²) < 4.78 is 13.2. The number of para-hydroxylation sites is 1. The first-order chi connectivity index (χ1) is 14.3. The lowest BCUT2D eigenvalue weighted by atomic mass is 9.91. The quantitative estimate of drug-likeness (QED) is 0.285. The van der Waals surface area contributed by atoms with E-state index in [1.165, 1.54) is 43.2 Å². The van der Waals surface area contributed by atoms with E-state index in [0.29, 0.717) is 5.75 Å². The van der Waals surface area contributed by atoms with Crippen molar-refractivity contribution < 1.29 is 4.55 Å². The van der Waals surface area contributed by atoms with Gasteiger partial charge in [-0.1, -0.05) is 61.7 Å². The van der Waals surface area contributed by atoms with Crippen molar-refractivity contribution in [2.45, 2.75) is 54.6 Å². The summed E-state index contributed by atoms with van der Waals surface area (Å²) in [6, 6.07) is 18.7. The molecule has 2 aromatic rings. The second-order valence-electron chi connectivity index (χ2n) is 7.89. The van der Waals surface area contributed by atoms with Gasteiger partial charge in [-0.3, -0.25) is 0 Å². The molecule has 4 rings (SSSR count). The number of aliphatic imine (C=N–C) groups is 1. The lowest BCUT2D eigenvalue weighted by Crippen LogP contribution is -2.21. The molecule has 0 radical (unpaired) electrons. The van der Waals surface area contributed by atoms with E-state index in [9.17, 15) is 4.55 Å². The summed E-state index contributed by atoms with van der Waals surface area (Å²) in [5.74, 6) is 3.57. The van der Waals surface area contributed by atoms with Gasteiger partial charge in [-0.15, -0.1) is 23.5 Å². The van der Waals surface area contributed by atoms with Crippen molar-refractivity contribution in [3.63, 3.8) is 0 Å². The Morgan fingerprint density at radius 1 is 1.00 bits per heavy atom. The van der Waals surface area contributed by atoms with Crippen LogP contribution in [0.5, 0.6) is 0 Å². The Balaban J connectivity index is 1.46. The minimum atomic E-state index is -0.875. The van der Waals surface area contributed by atoms with Crippen LogP contribution in [-0.2, 0) is 22.7 Å². The van der Waals surface area contributed by atoms with Gasteiger partial charge in [0.2, 0.25) is 0 Å². The molecule has 0 spiro atoms. The van der Waals surface area contributed by atoms with Crippen LogP contribution < -0.4 is 0 Å². The van der Waals surface area contributed by atoms with Crippen molar-refractivity contribution in [2.75, 3.05) is 5.75 Å². The van der Waals surface area contributed by atoms with Crippen LogP contribution in [0.2, 0.25) is 0 Å². The molecule has 2 atom stereocenters. The molecule has 1 aliphatic carbocycles. The van der Waals surface area contributed by atoms with E-state index in [1.54, 1.807) is 0 Å². The number of fused-ring (bicyclic) bond motifs is 1. The van der Waals surface area contributed by atoms with Crippen LogP contribution in [0.4, 0.5) is 5.69 Å². The number of thioether (sulfide) groups is 2. The van der Waals surface area contributed by atoms with E-state index in [-0.39, 0.29) is 4.58 Å². The van der Waals surface area contributed by atoms with Gasteiger partial charge in [-0.05, 0) is 47.6 Å². The van der Waals surface area contributed by atoms with Crippen LogP contribution in [0.3, 0.4) is 0 Å². The minimum absolute atomic E-state index is 0.115. The third-order valence-electron chi connectivity index (χ3n) is 5.70. The van der Waals surface area contributed by atoms with Crippen molar-refractivity contribution in [3.8, 4) is 0 Å². The second kappa shape index (κ2) is 10.9. The van der Waals surface area contributed by atoms with Gasteiger partial charge >= 0.3 is 0 Å². The van der Waals surface area contributed by atoms with Gasteiger partial charge in [0, 0.05) is 17.1 Å². The fraction of sp³-hybridized carbons (Fsp3) is 0.458. The third kappa shape index (κ3) is 6.30. The molecule has 0 bridgehead atoms. The number of nitrogens with zero attached hydrogens (tertiary/aromatic N) is 1. The van der Waals surface area contributed by atoms with Gasteiger partial charge in [-0.25, -0.2) is 4.99 Å². The van der Waals surface area contributed by atoms with Gasteiger partial charge in [0.05, 0.1) is 17.2 Å². The third-order valence-corrected chi connectivity index (χ3v) is 10.3. The van der Waals surface area contributed by atoms with Crippen molar-refractivity contribution in [2.24, 2.45) is 10.9 Å². The van der Waals surface area contributed by atoms with Gasteiger partial charge in [0.25, 0.3) is 0 Å². The van der Waals surface area contributed by atoms with E-state index in [0.717, 1.165) is 34.6 Å². The van der Waals surface area contributed by atoms with Crippen molar-refractivity contribution in [1.82, 2.24) is 0 Å². The minimum Gasteiger partial charge on any atom is -0.615 e. The number of rotatable bonds is 5. The fourth-order valence-electron chi connectivity index (χ4n) is 3.99. The number of hydrogen-bond donors (Lipinski definition) is 0. The standard InChI is InChI=1S/C24H29NOS3/c26-29-18-21-12-8-7-11-20(21)17-28-24(29)15-23(25-22-13-5-2-6-14-22)27-16-19-9-3-1-4-10-19/h2,5-8,11-14,19,24H,1,3-4,9-10,15-18H2. The van der Waals surface area contributed by atoms with Gasteiger partial charge in [-0.2, -0.15) is 0 Å². The SMILES string of the molecule is [O-][S+]1Cc2ccccc2CSC1CC(=Nc1ccccc1)SCC1CCCCC1. The van der Waals surface area contributed by atoms with Crippen molar-refractivity contribution in [3.05, 3.63) is 65.7 Å². The molecule has 1 fully saturated rings. The largest absolute Gasteiger partial charge is 0.615 e. The molecule has 1 aliphatic heterocycles. The molecule has 154 valence electrons. The van der Waals surface area contributed by atoms with E-state index >= 15 is 0 Å². The highest BCUT2D eigenvalue weighted by molar-refractivity contribution is 8.15. The normalized spacial score (nSPS) is 23.4. The first kappa shape index (κ1) is 21.4. The molecule has 0 N–H and O–H groups in total. The van der Waals surface area contributed by atoms with Gasteiger partial charge < -0.3 is 4.55 Å². The first-order valence-corrected chi connectivity index (χ1v) is 14.0. The molecular formula is C24H29NOS3. The molecule has 2 aliphatic rings. The topological polar surface area (TPSA) is 35.4 Å². The summed E-state index contributed by atoms with van der Waals surface area (Å²) in [4.78, 5) is 4.98. The van der Waals surface area contributed by atoms with Crippen LogP contribution in [0.1, 0.15) is 49.7 Å². The Morgan fingerprint density at radius 2 is 1.72 bits per heavy atom. The Labute approximate surface area is 186 Å². The predicted octanol–water partition coefficient (Wildman–Crippen LogP) is 6.94. The number of hydrogen-bond acceptors (Lipinski definition) is 4. The van der Waals surface area contributed by atoms with Crippen molar-refractivity contribution >= 4 is 45.4 Å². The van der Waals surface area contributed by atoms with E-state index in [1.807, 2.05) is 41.7 Å². The van der Waals surface area contributed by atoms with Crippen molar-refractivity contribution in [1.29, 1.82) is 0 Å². The maximum absolute atomic E-state index is 13.1. The van der Waals surface area contributed by atoms with Gasteiger partial charge in [0.1, 0.15) is 5.75 Å². The van der Waals surface area contributed by atoms with Crippen LogP contribution in [0, 0.1) is 5.92 Å². The second-order valence-corrected chi connectivity index (χ2v) is 12.1. The maximum Gasteiger partial charge on any atom is 0.167 e. The van der Waals surface area contributed by atoms with Crippen LogP contribution >= 0.6 is 23.5 Å². The summed E-state index contributed by atoms with van der Waals surface area (Å²) in [5, 5.41) is 1.15. The summed E-state index contributed by atoms with van der Waals surface area (Å²) in [6.45, 7) is 0. The summed E-state index contributed by atoms with van der Waals surface area (Å²) in [6.07, 6.45) is 7.65. The predicted molar refractivity (Wildman–Crippen MR) is 131 cm³/mol. The highest BCUT2D eigenvalue weighted by atomic mass is 32.3. The molecule has 2 aromatic carbocycles. The summed E-state index contributed by atoms with van der Waals surface area (Å²) in [7, 11) is 0. The molecule has 1 heterocycles. The summed E-state index contributed by atoms with van der Waals surface area (Å²) >= 11 is 2.88. The monoisotopic (exact) mass is 443 g/mol. The Bertz CT molecular complexity index is 805. The Kier molecular flexibility index (Phi) is 8.06. The molecule has 5 heteroatoms. The Hall–Kier alpha value is -0.880. The molecule has 0 saturated heterocycles. The van der Waals surface area contributed by atoms with E-state index in [2.05, 4.69) is 36.4 Å². The summed E-state index contributed by atoms with van der Waals surface area (Å²) in [5.41, 5.74) is 3.59. The molecular weight excluding hydrogens is 414 g/mol. The van der Waals surface area contributed by atoms with Gasteiger partial charge in [0.15, 0.2) is 4.58 Å². The average Bonchev–Trinajstić information content (AvgIpc) is 2.92. The van der Waals surface area contributed by atoms with E-state index in [4.69, 9.17) is 4.99 Å². The first-order valence-electron chi connectivity index (χ1n) is 10.6. The molecule has 1 saturated carbocycles. The zero-order valence-corrected chi connectivity index (χ0v) is 19.2. The molecule has 2 nitrogen and oxygen atoms in total. The fourth-order valence-corrected chi connectivity index (χ4v) is 8.47. The zero-order chi connectivity index (χ0) is 19.9. The smallest absolute Gasteiger partial charge is 0.167 e. The molecule has 2 unspecified atom stereocenters. The van der Waals surface area contributed by atoms with Crippen LogP contribution in [0.15, 0.2) is 59.6 Å². The lowest BCUT2D eigenvalue weighted by Gasteiger charge is -2.23. The molecule has 0 amide bonds. The highest BCUT2D eigenvalue weighted by Gasteiger charge is 2.30. The van der Waals surface area contributed by atoms with E-state index < -0.39 is 11.2 Å².